The third-order valence-electron chi connectivity index (χ3n) is 5.52. The van der Waals surface area contributed by atoms with Gasteiger partial charge in [-0.15, -0.1) is 0 Å². The molecular weight excluding hydrogens is 529 g/mol. The van der Waals surface area contributed by atoms with Crippen molar-refractivity contribution in [3.8, 4) is 0 Å². The van der Waals surface area contributed by atoms with Crippen LogP contribution in [-0.4, -0.2) is 102 Å². The number of rotatable bonds is 10. The van der Waals surface area contributed by atoms with Crippen LogP contribution in [0, 0.1) is 11.8 Å². The highest BCUT2D eigenvalue weighted by molar-refractivity contribution is 5.82. The third kappa shape index (κ3) is 8.46. The Labute approximate surface area is 217 Å². The smallest absolute Gasteiger partial charge is 0.481 e. The van der Waals surface area contributed by atoms with Crippen LogP contribution in [-0.2, 0) is 47.5 Å². The van der Waals surface area contributed by atoms with E-state index < -0.39 is 72.3 Å². The number of carboxylic acids is 3. The second-order valence-electron chi connectivity index (χ2n) is 8.22. The molecule has 3 saturated heterocycles. The van der Waals surface area contributed by atoms with Crippen molar-refractivity contribution in [1.29, 1.82) is 0 Å². The second-order valence-corrected chi connectivity index (χ2v) is 8.22. The Kier molecular flexibility index (Phi) is 12.3. The zero-order valence-corrected chi connectivity index (χ0v) is 21.9. The molecule has 16 heteroatoms. The molecule has 0 aromatic rings. The molecule has 0 saturated carbocycles. The van der Waals surface area contributed by atoms with Gasteiger partial charge in [-0.25, -0.2) is 4.79 Å². The number of hydrogen-bond acceptors (Lipinski definition) is 10. The fraction of sp³-hybridized carbons (Fsp3) is 0.864. The van der Waals surface area contributed by atoms with Crippen molar-refractivity contribution in [2.75, 3.05) is 26.4 Å². The molecule has 0 amide bonds. The molecule has 3 aliphatic heterocycles. The minimum atomic E-state index is -5.08. The number of carbonyl (C=O) groups is 3. The van der Waals surface area contributed by atoms with Crippen LogP contribution in [0.3, 0.4) is 0 Å². The maximum Gasteiger partial charge on any atom is 0.490 e. The summed E-state index contributed by atoms with van der Waals surface area (Å²) in [5.41, 5.74) is 0. The maximum atomic E-state index is 11.3. The Hall–Kier alpha value is -2.08. The molecule has 3 heterocycles. The first-order chi connectivity index (χ1) is 17.5. The summed E-state index contributed by atoms with van der Waals surface area (Å²) in [5, 5.41) is 25.6. The molecule has 0 aromatic carbocycles. The molecular formula is C22H35F3O13. The van der Waals surface area contributed by atoms with Gasteiger partial charge in [0.2, 0.25) is 0 Å². The summed E-state index contributed by atoms with van der Waals surface area (Å²) in [6, 6.07) is 0. The van der Waals surface area contributed by atoms with Crippen LogP contribution in [0.1, 0.15) is 41.5 Å². The predicted octanol–water partition coefficient (Wildman–Crippen LogP) is 2.07. The minimum Gasteiger partial charge on any atom is -0.481 e. The summed E-state index contributed by atoms with van der Waals surface area (Å²) in [6.07, 6.45) is -7.97. The van der Waals surface area contributed by atoms with Crippen LogP contribution in [0.15, 0.2) is 0 Å². The van der Waals surface area contributed by atoms with Crippen LogP contribution in [0.25, 0.3) is 0 Å². The highest BCUT2D eigenvalue weighted by Crippen LogP contribution is 2.51. The number of ether oxygens (including phenoxy) is 7. The van der Waals surface area contributed by atoms with Gasteiger partial charge in [0.25, 0.3) is 11.9 Å². The second kappa shape index (κ2) is 13.8. The molecule has 0 aromatic heterocycles. The zero-order chi connectivity index (χ0) is 29.5. The van der Waals surface area contributed by atoms with E-state index in [2.05, 4.69) is 0 Å². The van der Waals surface area contributed by atoms with Crippen molar-refractivity contribution in [3.63, 3.8) is 0 Å². The lowest BCUT2D eigenvalue weighted by molar-refractivity contribution is -0.365. The van der Waals surface area contributed by atoms with E-state index in [1.54, 1.807) is 20.8 Å². The van der Waals surface area contributed by atoms with E-state index in [4.69, 9.17) is 43.1 Å². The highest BCUT2D eigenvalue weighted by atomic mass is 19.4. The summed E-state index contributed by atoms with van der Waals surface area (Å²) in [4.78, 5) is 31.5. The normalized spacial score (nSPS) is 31.5. The van der Waals surface area contributed by atoms with E-state index in [-0.39, 0.29) is 0 Å². The molecule has 0 radical (unpaired) electrons. The van der Waals surface area contributed by atoms with Gasteiger partial charge < -0.3 is 48.5 Å². The average Bonchev–Trinajstić information content (AvgIpc) is 3.42. The van der Waals surface area contributed by atoms with E-state index >= 15 is 0 Å². The monoisotopic (exact) mass is 564 g/mol. The van der Waals surface area contributed by atoms with Gasteiger partial charge in [-0.2, -0.15) is 13.2 Å². The summed E-state index contributed by atoms with van der Waals surface area (Å²) in [5.74, 6) is -9.54. The first kappa shape index (κ1) is 33.9. The van der Waals surface area contributed by atoms with Gasteiger partial charge in [0.1, 0.15) is 36.3 Å². The lowest BCUT2D eigenvalue weighted by Gasteiger charge is -2.27. The Bertz CT molecular complexity index is 755. The topological polar surface area (TPSA) is 177 Å². The third-order valence-corrected chi connectivity index (χ3v) is 5.52. The largest absolute Gasteiger partial charge is 0.490 e. The summed E-state index contributed by atoms with van der Waals surface area (Å²) < 4.78 is 69.6. The van der Waals surface area contributed by atoms with Crippen molar-refractivity contribution in [2.45, 2.75) is 84.1 Å². The molecule has 0 aliphatic carbocycles. The van der Waals surface area contributed by atoms with Gasteiger partial charge in [-0.1, -0.05) is 0 Å². The maximum absolute atomic E-state index is 11.3. The number of alkyl halides is 3. The molecule has 0 spiro atoms. The van der Waals surface area contributed by atoms with Crippen LogP contribution in [0.4, 0.5) is 13.2 Å². The zero-order valence-electron chi connectivity index (χ0n) is 21.9. The average molecular weight is 565 g/mol. The SMILES string of the molecule is CCOC(C)(OCC)OCC.CCOC1(C)OC2C3O[C@@H](C(C(=O)O)C3C(=O)O)[C@H]2O1.O=C(O)C(F)(F)F. The van der Waals surface area contributed by atoms with Crippen molar-refractivity contribution in [3.05, 3.63) is 0 Å². The molecule has 5 unspecified atom stereocenters. The molecule has 13 nitrogen and oxygen atoms in total. The van der Waals surface area contributed by atoms with Crippen LogP contribution >= 0.6 is 0 Å². The van der Waals surface area contributed by atoms with E-state index in [0.29, 0.717) is 26.4 Å². The lowest BCUT2D eigenvalue weighted by Crippen LogP contribution is -2.50. The first-order valence-electron chi connectivity index (χ1n) is 11.8. The standard InChI is InChI=1S/C12H16O8.C8H18O3.C2HF3O2/c1-3-17-12(2)19-8-6-4(10(13)14)5(11(15)16)7(18-6)9(8)20-12;1-5-9-8(4,10-6-2)11-7-3;3-2(4,5)1(6)7/h4-9H,3H2,1-2H3,(H,13,14)(H,15,16);5-7H2,1-4H3;(H,6,7)/t4?,5?,6-,7?,8+,9?,12?;;/m0../s1. The van der Waals surface area contributed by atoms with Crippen molar-refractivity contribution >= 4 is 17.9 Å². The molecule has 7 atom stereocenters. The van der Waals surface area contributed by atoms with Gasteiger partial charge in [0, 0.05) is 40.3 Å². The number of hydrogen-bond donors (Lipinski definition) is 3. The predicted molar refractivity (Wildman–Crippen MR) is 118 cm³/mol. The molecule has 3 N–H and O–H groups in total. The van der Waals surface area contributed by atoms with Gasteiger partial charge in [-0.3, -0.25) is 9.59 Å². The lowest BCUT2D eigenvalue weighted by atomic mass is 9.76. The Balaban J connectivity index is 0.000000339. The minimum absolute atomic E-state index is 0.358. The fourth-order valence-corrected chi connectivity index (χ4v) is 4.32. The van der Waals surface area contributed by atoms with Crippen LogP contribution in [0.5, 0.6) is 0 Å². The molecule has 222 valence electrons. The van der Waals surface area contributed by atoms with Crippen LogP contribution < -0.4 is 0 Å². The molecule has 2 bridgehead atoms. The van der Waals surface area contributed by atoms with Gasteiger partial charge in [-0.05, 0) is 27.7 Å². The van der Waals surface area contributed by atoms with Crippen molar-refractivity contribution in [1.82, 2.24) is 0 Å². The van der Waals surface area contributed by atoms with E-state index in [9.17, 15) is 33.0 Å². The fourth-order valence-electron chi connectivity index (χ4n) is 4.32. The molecule has 3 rings (SSSR count). The first-order valence-corrected chi connectivity index (χ1v) is 11.8. The van der Waals surface area contributed by atoms with E-state index in [1.165, 1.54) is 0 Å². The molecule has 3 fully saturated rings. The van der Waals surface area contributed by atoms with Gasteiger partial charge in [0.05, 0.1) is 0 Å². The highest BCUT2D eigenvalue weighted by Gasteiger charge is 2.70. The Morgan fingerprint density at radius 2 is 1.11 bits per heavy atom. The Morgan fingerprint density at radius 1 is 0.763 bits per heavy atom. The summed E-state index contributed by atoms with van der Waals surface area (Å²) in [6.45, 7) is 13.0. The van der Waals surface area contributed by atoms with Gasteiger partial charge >= 0.3 is 24.1 Å². The molecule has 3 aliphatic rings. The van der Waals surface area contributed by atoms with Crippen molar-refractivity contribution < 1.29 is 76.0 Å². The van der Waals surface area contributed by atoms with Crippen molar-refractivity contribution in [2.24, 2.45) is 11.8 Å². The summed E-state index contributed by atoms with van der Waals surface area (Å²) in [7, 11) is 0. The van der Waals surface area contributed by atoms with Gasteiger partial charge in [0.15, 0.2) is 0 Å². The van der Waals surface area contributed by atoms with Crippen LogP contribution in [0.2, 0.25) is 0 Å². The number of fused-ring (bicyclic) bond motifs is 5. The number of halogens is 3. The summed E-state index contributed by atoms with van der Waals surface area (Å²) >= 11 is 0. The quantitative estimate of drug-likeness (QED) is 0.329. The molecule has 38 heavy (non-hydrogen) atoms. The number of carboxylic acid groups (broad SMARTS) is 3. The number of aliphatic carboxylic acids is 3. The van der Waals surface area contributed by atoms with E-state index in [1.807, 2.05) is 20.8 Å². The van der Waals surface area contributed by atoms with E-state index in [0.717, 1.165) is 0 Å². The Morgan fingerprint density at radius 3 is 1.34 bits per heavy atom.